The average Bonchev–Trinajstić information content (AvgIpc) is 3.13. The highest BCUT2D eigenvalue weighted by Gasteiger charge is 2.57. The Kier molecular flexibility index (Phi) is 7.31. The summed E-state index contributed by atoms with van der Waals surface area (Å²) in [5, 5.41) is 5.67. The molecule has 2 heterocycles. The van der Waals surface area contributed by atoms with Crippen molar-refractivity contribution < 1.29 is 19.1 Å². The van der Waals surface area contributed by atoms with Crippen LogP contribution in [-0.2, 0) is 14.3 Å². The van der Waals surface area contributed by atoms with Crippen LogP contribution in [0, 0.1) is 5.92 Å². The molecule has 2 N–H and O–H groups in total. The Morgan fingerprint density at radius 1 is 1.26 bits per heavy atom. The molecule has 7 nitrogen and oxygen atoms in total. The molecule has 1 aromatic carbocycles. The van der Waals surface area contributed by atoms with Crippen molar-refractivity contribution in [2.24, 2.45) is 5.92 Å². The van der Waals surface area contributed by atoms with E-state index in [4.69, 9.17) is 4.74 Å². The van der Waals surface area contributed by atoms with Crippen molar-refractivity contribution in [2.75, 3.05) is 20.3 Å². The van der Waals surface area contributed by atoms with Gasteiger partial charge >= 0.3 is 0 Å². The van der Waals surface area contributed by atoms with E-state index in [2.05, 4.69) is 10.6 Å². The molecule has 1 fully saturated rings. The SMILES string of the molecule is COCCCNC(=O)[C@H](CC(C)C)NC(=O)[C@H]1N2C(=O)c3ccccc3[C@@H]2SC1(C)C. The number of ether oxygens (including phenoxy) is 1. The predicted octanol–water partition coefficient (Wildman–Crippen LogP) is 2.72. The summed E-state index contributed by atoms with van der Waals surface area (Å²) in [5.41, 5.74) is 1.61. The van der Waals surface area contributed by atoms with Crippen LogP contribution in [0.25, 0.3) is 0 Å². The first-order valence-corrected chi connectivity index (χ1v) is 11.7. The molecule has 8 heteroatoms. The third-order valence-electron chi connectivity index (χ3n) is 5.71. The maximum atomic E-state index is 13.5. The van der Waals surface area contributed by atoms with Gasteiger partial charge in [-0.05, 0) is 44.2 Å². The lowest BCUT2D eigenvalue weighted by atomic mass is 9.98. The minimum atomic E-state index is -0.654. The van der Waals surface area contributed by atoms with E-state index in [0.717, 1.165) is 5.56 Å². The van der Waals surface area contributed by atoms with Gasteiger partial charge in [-0.3, -0.25) is 14.4 Å². The van der Waals surface area contributed by atoms with Gasteiger partial charge in [0, 0.05) is 30.6 Å². The van der Waals surface area contributed by atoms with Crippen LogP contribution in [0.5, 0.6) is 0 Å². The van der Waals surface area contributed by atoms with E-state index in [-0.39, 0.29) is 29.0 Å². The Hall–Kier alpha value is -2.06. The van der Waals surface area contributed by atoms with Crippen LogP contribution in [-0.4, -0.2) is 59.7 Å². The molecule has 1 saturated heterocycles. The van der Waals surface area contributed by atoms with Gasteiger partial charge < -0.3 is 20.3 Å². The third kappa shape index (κ3) is 4.90. The molecule has 0 saturated carbocycles. The summed E-state index contributed by atoms with van der Waals surface area (Å²) in [7, 11) is 1.62. The Bertz CT molecular complexity index is 842. The van der Waals surface area contributed by atoms with E-state index >= 15 is 0 Å². The zero-order valence-corrected chi connectivity index (χ0v) is 19.8. The number of methoxy groups -OCH3 is 1. The molecule has 31 heavy (non-hydrogen) atoms. The molecule has 0 spiro atoms. The summed E-state index contributed by atoms with van der Waals surface area (Å²) in [6, 6.07) is 6.23. The van der Waals surface area contributed by atoms with E-state index in [0.29, 0.717) is 31.6 Å². The number of amides is 3. The normalized spacial score (nSPS) is 22.3. The highest BCUT2D eigenvalue weighted by Crippen LogP contribution is 2.56. The molecule has 2 aliphatic heterocycles. The molecule has 2 aliphatic rings. The Balaban J connectivity index is 1.76. The molecule has 170 valence electrons. The molecule has 3 amide bonds. The van der Waals surface area contributed by atoms with Gasteiger partial charge in [0.15, 0.2) is 0 Å². The van der Waals surface area contributed by atoms with Gasteiger partial charge in [-0.1, -0.05) is 32.0 Å². The van der Waals surface area contributed by atoms with Gasteiger partial charge in [0.25, 0.3) is 5.91 Å². The topological polar surface area (TPSA) is 87.7 Å². The number of thioether (sulfide) groups is 1. The highest BCUT2D eigenvalue weighted by atomic mass is 32.2. The van der Waals surface area contributed by atoms with Gasteiger partial charge in [0.2, 0.25) is 11.8 Å². The molecular weight excluding hydrogens is 414 g/mol. The Morgan fingerprint density at radius 2 is 1.97 bits per heavy atom. The number of carbonyl (C=O) groups is 3. The minimum Gasteiger partial charge on any atom is -0.385 e. The van der Waals surface area contributed by atoms with Gasteiger partial charge in [-0.25, -0.2) is 0 Å². The third-order valence-corrected chi connectivity index (χ3v) is 7.24. The lowest BCUT2D eigenvalue weighted by Crippen LogP contribution is -2.57. The predicted molar refractivity (Wildman–Crippen MR) is 122 cm³/mol. The molecule has 3 rings (SSSR count). The first kappa shape index (κ1) is 23.6. The van der Waals surface area contributed by atoms with E-state index in [1.807, 2.05) is 52.0 Å². The number of hydrogen-bond acceptors (Lipinski definition) is 5. The molecular formula is C23H33N3O4S. The summed E-state index contributed by atoms with van der Waals surface area (Å²) in [5.74, 6) is -0.372. The van der Waals surface area contributed by atoms with Crippen molar-refractivity contribution in [3.63, 3.8) is 0 Å². The smallest absolute Gasteiger partial charge is 0.256 e. The fourth-order valence-electron chi connectivity index (χ4n) is 4.31. The van der Waals surface area contributed by atoms with Crippen molar-refractivity contribution >= 4 is 29.5 Å². The Morgan fingerprint density at radius 3 is 2.65 bits per heavy atom. The molecule has 1 aromatic rings. The quantitative estimate of drug-likeness (QED) is 0.569. The lowest BCUT2D eigenvalue weighted by Gasteiger charge is -2.31. The van der Waals surface area contributed by atoms with Crippen LogP contribution < -0.4 is 10.6 Å². The fourth-order valence-corrected chi connectivity index (χ4v) is 5.90. The van der Waals surface area contributed by atoms with Gasteiger partial charge in [-0.2, -0.15) is 0 Å². The molecule has 0 aromatic heterocycles. The molecule has 0 aliphatic carbocycles. The largest absolute Gasteiger partial charge is 0.385 e. The summed E-state index contributed by atoms with van der Waals surface area (Å²) >= 11 is 1.62. The monoisotopic (exact) mass is 447 g/mol. The standard InChI is InChI=1S/C23H33N3O4S/c1-14(2)13-17(19(27)24-11-8-12-30-5)25-20(28)18-23(3,4)31-22-16-10-7-6-9-15(16)21(29)26(18)22/h6-7,9-10,14,17-18,22H,8,11-13H2,1-5H3,(H,24,27)(H,25,28)/t17-,18+,22-/m0/s1. The van der Waals surface area contributed by atoms with Crippen LogP contribution >= 0.6 is 11.8 Å². The van der Waals surface area contributed by atoms with Crippen molar-refractivity contribution in [1.29, 1.82) is 0 Å². The number of nitrogens with zero attached hydrogens (tertiary/aromatic N) is 1. The second-order valence-electron chi connectivity index (χ2n) is 9.10. The Labute approximate surface area is 188 Å². The van der Waals surface area contributed by atoms with Crippen molar-refractivity contribution in [2.45, 2.75) is 62.7 Å². The number of rotatable bonds is 9. The van der Waals surface area contributed by atoms with Crippen molar-refractivity contribution in [3.8, 4) is 0 Å². The summed E-state index contributed by atoms with van der Waals surface area (Å²) in [6.07, 6.45) is 1.23. The van der Waals surface area contributed by atoms with Gasteiger partial charge in [-0.15, -0.1) is 11.8 Å². The molecule has 0 unspecified atom stereocenters. The maximum Gasteiger partial charge on any atom is 0.256 e. The molecule has 0 bridgehead atoms. The second kappa shape index (κ2) is 9.61. The maximum absolute atomic E-state index is 13.5. The van der Waals surface area contributed by atoms with E-state index in [9.17, 15) is 14.4 Å². The number of fused-ring (bicyclic) bond motifs is 3. The summed E-state index contributed by atoms with van der Waals surface area (Å²) in [6.45, 7) is 9.06. The number of nitrogens with one attached hydrogen (secondary N) is 2. The van der Waals surface area contributed by atoms with Crippen LogP contribution in [0.15, 0.2) is 24.3 Å². The zero-order chi connectivity index (χ0) is 22.8. The van der Waals surface area contributed by atoms with Crippen molar-refractivity contribution in [1.82, 2.24) is 15.5 Å². The number of hydrogen-bond donors (Lipinski definition) is 2. The first-order chi connectivity index (χ1) is 14.7. The molecule has 3 atom stereocenters. The first-order valence-electron chi connectivity index (χ1n) is 10.8. The summed E-state index contributed by atoms with van der Waals surface area (Å²) < 4.78 is 4.54. The minimum absolute atomic E-state index is 0.122. The van der Waals surface area contributed by atoms with E-state index in [1.54, 1.807) is 23.8 Å². The number of benzene rings is 1. The zero-order valence-electron chi connectivity index (χ0n) is 18.9. The van der Waals surface area contributed by atoms with Crippen molar-refractivity contribution in [3.05, 3.63) is 35.4 Å². The van der Waals surface area contributed by atoms with Crippen LogP contribution in [0.1, 0.15) is 61.8 Å². The highest BCUT2D eigenvalue weighted by molar-refractivity contribution is 8.01. The second-order valence-corrected chi connectivity index (χ2v) is 10.8. The van der Waals surface area contributed by atoms with Gasteiger partial charge in [0.1, 0.15) is 17.5 Å². The average molecular weight is 448 g/mol. The van der Waals surface area contributed by atoms with Crippen LogP contribution in [0.2, 0.25) is 0 Å². The lowest BCUT2D eigenvalue weighted by molar-refractivity contribution is -0.132. The van der Waals surface area contributed by atoms with E-state index < -0.39 is 16.8 Å². The van der Waals surface area contributed by atoms with Crippen LogP contribution in [0.4, 0.5) is 0 Å². The summed E-state index contributed by atoms with van der Waals surface area (Å²) in [4.78, 5) is 41.0. The van der Waals surface area contributed by atoms with Crippen LogP contribution in [0.3, 0.4) is 0 Å². The fraction of sp³-hybridized carbons (Fsp3) is 0.609. The van der Waals surface area contributed by atoms with Gasteiger partial charge in [0.05, 0.1) is 0 Å². The van der Waals surface area contributed by atoms with E-state index in [1.165, 1.54) is 0 Å². The molecule has 0 radical (unpaired) electrons. The number of carbonyl (C=O) groups excluding carboxylic acids is 3.